The van der Waals surface area contributed by atoms with Crippen LogP contribution in [0.2, 0.25) is 0 Å². The Labute approximate surface area is 124 Å². The molecule has 0 aliphatic heterocycles. The highest BCUT2D eigenvalue weighted by atomic mass is 16.6. The second-order valence-electron chi connectivity index (χ2n) is 5.19. The summed E-state index contributed by atoms with van der Waals surface area (Å²) in [6, 6.07) is 15.9. The molecule has 3 nitrogen and oxygen atoms in total. The predicted octanol–water partition coefficient (Wildman–Crippen LogP) is 3.17. The summed E-state index contributed by atoms with van der Waals surface area (Å²) in [6.45, 7) is 0.527. The highest BCUT2D eigenvalue weighted by molar-refractivity contribution is 5.59. The first-order chi connectivity index (χ1) is 10.2. The van der Waals surface area contributed by atoms with E-state index in [0.717, 1.165) is 22.4 Å². The molecule has 0 spiro atoms. The molecule has 0 aromatic heterocycles. The minimum absolute atomic E-state index is 0.467. The summed E-state index contributed by atoms with van der Waals surface area (Å²) < 4.78 is 10.9. The van der Waals surface area contributed by atoms with Crippen LogP contribution < -0.4 is 4.74 Å². The van der Waals surface area contributed by atoms with Crippen LogP contribution in [0.15, 0.2) is 54.6 Å². The van der Waals surface area contributed by atoms with Crippen molar-refractivity contribution >= 4 is 6.08 Å². The van der Waals surface area contributed by atoms with Crippen molar-refractivity contribution in [2.24, 2.45) is 0 Å². The molecule has 0 heterocycles. The van der Waals surface area contributed by atoms with Gasteiger partial charge in [0, 0.05) is 13.5 Å². The van der Waals surface area contributed by atoms with Crippen LogP contribution in [0.25, 0.3) is 6.08 Å². The highest BCUT2D eigenvalue weighted by Crippen LogP contribution is 2.27. The summed E-state index contributed by atoms with van der Waals surface area (Å²) >= 11 is 0. The Morgan fingerprint density at radius 2 is 1.95 bits per heavy atom. The van der Waals surface area contributed by atoms with Crippen molar-refractivity contribution in [1.29, 1.82) is 0 Å². The molecular formula is C18H18O3. The maximum absolute atomic E-state index is 10.1. The lowest BCUT2D eigenvalue weighted by molar-refractivity contribution is -0.144. The molecule has 0 fully saturated rings. The predicted molar refractivity (Wildman–Crippen MR) is 81.9 cm³/mol. The van der Waals surface area contributed by atoms with Gasteiger partial charge in [-0.2, -0.15) is 0 Å². The molecule has 0 radical (unpaired) electrons. The molecule has 1 aliphatic rings. The van der Waals surface area contributed by atoms with Crippen molar-refractivity contribution in [2.45, 2.75) is 18.8 Å². The molecule has 2 aromatic carbocycles. The number of ether oxygens (including phenoxy) is 2. The van der Waals surface area contributed by atoms with Gasteiger partial charge in [0.25, 0.3) is 0 Å². The van der Waals surface area contributed by atoms with Crippen LogP contribution in [-0.4, -0.2) is 18.0 Å². The summed E-state index contributed by atoms with van der Waals surface area (Å²) in [6.07, 6.45) is 4.06. The Kier molecular flexibility index (Phi) is 3.78. The van der Waals surface area contributed by atoms with Gasteiger partial charge in [-0.15, -0.1) is 0 Å². The molecule has 0 bridgehead atoms. The zero-order chi connectivity index (χ0) is 14.7. The molecule has 3 rings (SSSR count). The van der Waals surface area contributed by atoms with Crippen molar-refractivity contribution in [3.63, 3.8) is 0 Å². The second kappa shape index (κ2) is 5.72. The average molecular weight is 282 g/mol. The molecule has 1 atom stereocenters. The molecule has 0 saturated carbocycles. The van der Waals surface area contributed by atoms with Crippen LogP contribution in [0.1, 0.15) is 16.7 Å². The summed E-state index contributed by atoms with van der Waals surface area (Å²) in [5, 5.41) is 10.1. The van der Waals surface area contributed by atoms with Gasteiger partial charge >= 0.3 is 0 Å². The molecule has 0 saturated heterocycles. The summed E-state index contributed by atoms with van der Waals surface area (Å²) in [5.41, 5.74) is 3.28. The number of fused-ring (bicyclic) bond motifs is 1. The van der Waals surface area contributed by atoms with E-state index in [0.29, 0.717) is 13.0 Å². The van der Waals surface area contributed by atoms with Crippen molar-refractivity contribution in [3.8, 4) is 5.75 Å². The highest BCUT2D eigenvalue weighted by Gasteiger charge is 2.27. The summed E-state index contributed by atoms with van der Waals surface area (Å²) in [7, 11) is 1.51. The van der Waals surface area contributed by atoms with Gasteiger partial charge in [0.2, 0.25) is 0 Å². The molecule has 1 aliphatic carbocycles. The number of hydrogen-bond acceptors (Lipinski definition) is 3. The number of hydrogen-bond donors (Lipinski definition) is 1. The number of para-hydroxylation sites is 1. The fourth-order valence-corrected chi connectivity index (χ4v) is 2.43. The standard InChI is InChI=1S/C18H18O3/c1-20-18(19)10-9-15-11-14(7-8-16(15)12-18)13-21-17-5-3-2-4-6-17/h2-11,19H,12-13H2,1H3. The van der Waals surface area contributed by atoms with E-state index in [2.05, 4.69) is 6.07 Å². The van der Waals surface area contributed by atoms with E-state index in [1.807, 2.05) is 48.5 Å². The molecule has 0 amide bonds. The average Bonchev–Trinajstić information content (AvgIpc) is 2.54. The number of benzene rings is 2. The first kappa shape index (κ1) is 13.9. The molecule has 2 aromatic rings. The summed E-state index contributed by atoms with van der Waals surface area (Å²) in [4.78, 5) is 0. The zero-order valence-electron chi connectivity index (χ0n) is 12.0. The molecular weight excluding hydrogens is 264 g/mol. The lowest BCUT2D eigenvalue weighted by Gasteiger charge is -2.27. The van der Waals surface area contributed by atoms with E-state index in [4.69, 9.17) is 9.47 Å². The van der Waals surface area contributed by atoms with Gasteiger partial charge in [0.05, 0.1) is 0 Å². The second-order valence-corrected chi connectivity index (χ2v) is 5.19. The maximum atomic E-state index is 10.1. The van der Waals surface area contributed by atoms with Crippen molar-refractivity contribution < 1.29 is 14.6 Å². The normalized spacial score (nSPS) is 20.1. The van der Waals surface area contributed by atoms with E-state index in [-0.39, 0.29) is 0 Å². The van der Waals surface area contributed by atoms with Gasteiger partial charge in [-0.25, -0.2) is 0 Å². The van der Waals surface area contributed by atoms with Crippen molar-refractivity contribution in [3.05, 3.63) is 71.3 Å². The molecule has 1 N–H and O–H groups in total. The first-order valence-corrected chi connectivity index (χ1v) is 6.95. The Balaban J connectivity index is 1.73. The topological polar surface area (TPSA) is 38.7 Å². The van der Waals surface area contributed by atoms with Gasteiger partial charge in [-0.3, -0.25) is 0 Å². The summed E-state index contributed by atoms with van der Waals surface area (Å²) in [5.74, 6) is -0.325. The number of aliphatic hydroxyl groups is 1. The number of methoxy groups -OCH3 is 1. The van der Waals surface area contributed by atoms with E-state index in [1.54, 1.807) is 6.08 Å². The third-order valence-electron chi connectivity index (χ3n) is 3.68. The van der Waals surface area contributed by atoms with Crippen LogP contribution in [0.5, 0.6) is 5.75 Å². The Morgan fingerprint density at radius 1 is 1.14 bits per heavy atom. The van der Waals surface area contributed by atoms with Gasteiger partial charge in [-0.1, -0.05) is 36.4 Å². The van der Waals surface area contributed by atoms with Gasteiger partial charge in [-0.05, 0) is 41.0 Å². The van der Waals surface area contributed by atoms with Crippen LogP contribution in [0.3, 0.4) is 0 Å². The van der Waals surface area contributed by atoms with Crippen molar-refractivity contribution in [2.75, 3.05) is 7.11 Å². The molecule has 1 unspecified atom stereocenters. The number of rotatable bonds is 4. The first-order valence-electron chi connectivity index (χ1n) is 6.95. The lowest BCUT2D eigenvalue weighted by Crippen LogP contribution is -2.33. The zero-order valence-corrected chi connectivity index (χ0v) is 12.0. The Morgan fingerprint density at radius 3 is 2.71 bits per heavy atom. The molecule has 108 valence electrons. The SMILES string of the molecule is COC1(O)C=Cc2cc(COc3ccccc3)ccc2C1. The Hall–Kier alpha value is -2.10. The van der Waals surface area contributed by atoms with E-state index in [1.165, 1.54) is 7.11 Å². The molecule has 3 heteroatoms. The Bertz CT molecular complexity index is 649. The van der Waals surface area contributed by atoms with Crippen LogP contribution >= 0.6 is 0 Å². The molecule has 21 heavy (non-hydrogen) atoms. The van der Waals surface area contributed by atoms with E-state index in [9.17, 15) is 5.11 Å². The van der Waals surface area contributed by atoms with E-state index < -0.39 is 5.79 Å². The fraction of sp³-hybridized carbons (Fsp3) is 0.222. The van der Waals surface area contributed by atoms with Gasteiger partial charge < -0.3 is 14.6 Å². The van der Waals surface area contributed by atoms with Gasteiger partial charge in [0.15, 0.2) is 5.79 Å². The van der Waals surface area contributed by atoms with E-state index >= 15 is 0 Å². The quantitative estimate of drug-likeness (QED) is 0.875. The fourth-order valence-electron chi connectivity index (χ4n) is 2.43. The van der Waals surface area contributed by atoms with Crippen LogP contribution in [0.4, 0.5) is 0 Å². The van der Waals surface area contributed by atoms with Crippen LogP contribution in [0, 0.1) is 0 Å². The smallest absolute Gasteiger partial charge is 0.189 e. The largest absolute Gasteiger partial charge is 0.489 e. The third-order valence-corrected chi connectivity index (χ3v) is 3.68. The maximum Gasteiger partial charge on any atom is 0.189 e. The van der Waals surface area contributed by atoms with Gasteiger partial charge in [0.1, 0.15) is 12.4 Å². The monoisotopic (exact) mass is 282 g/mol. The third kappa shape index (κ3) is 3.15. The van der Waals surface area contributed by atoms with Crippen LogP contribution in [-0.2, 0) is 17.8 Å². The lowest BCUT2D eigenvalue weighted by atomic mass is 9.92. The van der Waals surface area contributed by atoms with Crippen molar-refractivity contribution in [1.82, 2.24) is 0 Å². The minimum Gasteiger partial charge on any atom is -0.489 e. The minimum atomic E-state index is -1.19.